The predicted octanol–water partition coefficient (Wildman–Crippen LogP) is 11.5. The van der Waals surface area contributed by atoms with E-state index in [4.69, 9.17) is 27.6 Å². The fourth-order valence-corrected chi connectivity index (χ4v) is 6.65. The average molecular weight is 647 g/mol. The first-order valence-electron chi connectivity index (χ1n) is 19.2. The highest BCUT2D eigenvalue weighted by Gasteiger charge is 2.17. The first-order chi connectivity index (χ1) is 27.2. The summed E-state index contributed by atoms with van der Waals surface area (Å²) in [7, 11) is 0. The molecule has 0 radical (unpaired) electrons. The third-order valence-corrected chi connectivity index (χ3v) is 8.99. The van der Waals surface area contributed by atoms with Gasteiger partial charge in [-0.3, -0.25) is 0 Å². The molecule has 5 heteroatoms. The van der Waals surface area contributed by atoms with Gasteiger partial charge in [0.05, 0.1) is 19.3 Å². The van der Waals surface area contributed by atoms with Gasteiger partial charge in [0.25, 0.3) is 0 Å². The fourth-order valence-electron chi connectivity index (χ4n) is 6.65. The number of benzene rings is 7. The van der Waals surface area contributed by atoms with Gasteiger partial charge in [-0.25, -0.2) is 15.0 Å². The van der Waals surface area contributed by atoms with E-state index >= 15 is 0 Å². The molecule has 0 saturated carbocycles. The molecule has 0 aliphatic rings. The van der Waals surface area contributed by atoms with Crippen LogP contribution in [-0.2, 0) is 0 Å². The number of aromatic nitrogens is 4. The third kappa shape index (κ3) is 4.67. The van der Waals surface area contributed by atoms with Crippen LogP contribution in [-0.4, -0.2) is 19.5 Å². The molecule has 0 spiro atoms. The number of hydrogen-bond donors (Lipinski definition) is 0. The van der Waals surface area contributed by atoms with Gasteiger partial charge in [0.1, 0.15) is 11.2 Å². The maximum Gasteiger partial charge on any atom is 0.164 e. The van der Waals surface area contributed by atoms with Crippen molar-refractivity contribution in [3.8, 4) is 51.0 Å². The minimum atomic E-state index is -0.168. The van der Waals surface area contributed by atoms with E-state index in [1.54, 1.807) is 4.57 Å². The van der Waals surface area contributed by atoms with E-state index in [1.807, 2.05) is 103 Å². The summed E-state index contributed by atoms with van der Waals surface area (Å²) in [6.45, 7) is 0. The topological polar surface area (TPSA) is 56.7 Å². The molecule has 0 aliphatic heterocycles. The van der Waals surface area contributed by atoms with Gasteiger partial charge in [-0.2, -0.15) is 0 Å². The number of nitrogens with zero attached hydrogens (tertiary/aromatic N) is 4. The van der Waals surface area contributed by atoms with E-state index < -0.39 is 0 Å². The molecule has 10 aromatic rings. The molecule has 5 nitrogen and oxygen atoms in total. The normalized spacial score (nSPS) is 13.3. The van der Waals surface area contributed by atoms with Crippen LogP contribution in [0.25, 0.3) is 94.7 Å². The first-order valence-corrected chi connectivity index (χ1v) is 16.2. The van der Waals surface area contributed by atoms with Gasteiger partial charge >= 0.3 is 0 Å². The van der Waals surface area contributed by atoms with Crippen LogP contribution in [0.15, 0.2) is 174 Å². The number of para-hydroxylation sites is 3. The van der Waals surface area contributed by atoms with Crippen LogP contribution in [0.4, 0.5) is 0 Å². The lowest BCUT2D eigenvalue weighted by molar-refractivity contribution is 0.669. The molecule has 0 fully saturated rings. The van der Waals surface area contributed by atoms with Gasteiger partial charge in [-0.15, -0.1) is 0 Å². The lowest BCUT2D eigenvalue weighted by Gasteiger charge is -2.12. The molecule has 0 unspecified atom stereocenters. The van der Waals surface area contributed by atoms with Crippen molar-refractivity contribution in [1.29, 1.82) is 0 Å². The molecule has 7 aromatic carbocycles. The molecule has 50 heavy (non-hydrogen) atoms. The summed E-state index contributed by atoms with van der Waals surface area (Å²) < 4.78 is 60.1. The highest BCUT2D eigenvalue weighted by molar-refractivity contribution is 6.09. The van der Waals surface area contributed by atoms with E-state index in [1.165, 1.54) is 12.1 Å². The number of furan rings is 1. The van der Waals surface area contributed by atoms with Gasteiger partial charge in [0, 0.05) is 43.9 Å². The second-order valence-corrected chi connectivity index (χ2v) is 12.0. The van der Waals surface area contributed by atoms with Crippen molar-refractivity contribution in [3.63, 3.8) is 0 Å². The molecule has 10 rings (SSSR count). The second kappa shape index (κ2) is 11.4. The summed E-state index contributed by atoms with van der Waals surface area (Å²) in [5, 5.41) is 2.39. The Bertz CT molecular complexity index is 3160. The molecule has 0 amide bonds. The summed E-state index contributed by atoms with van der Waals surface area (Å²) in [5.74, 6) is 1.27. The number of fused-ring (bicyclic) bond motifs is 6. The van der Waals surface area contributed by atoms with Crippen LogP contribution in [0, 0.1) is 0 Å². The summed E-state index contributed by atoms with van der Waals surface area (Å²) in [4.78, 5) is 15.1. The standard InChI is InChI=1S/C45H28N4O/c1-2-12-29(13-3-1)30-14-10-15-31(26-30)43-46-44(48-45(47-43)33-24-25-38-37-20-6-9-23-41(37)50-42(38)28-33)32-16-11-17-34(27-32)49-39-21-7-4-18-35(39)36-19-5-8-22-40(36)49/h1-28H/i4D,5D,18D,19D,21D,22D. The predicted molar refractivity (Wildman–Crippen MR) is 203 cm³/mol. The maximum absolute atomic E-state index is 8.92. The van der Waals surface area contributed by atoms with Crippen LogP contribution in [0.1, 0.15) is 8.22 Å². The first kappa shape index (κ1) is 22.7. The zero-order valence-electron chi connectivity index (χ0n) is 32.4. The van der Waals surface area contributed by atoms with Gasteiger partial charge in [-0.1, -0.05) is 121 Å². The van der Waals surface area contributed by atoms with Crippen LogP contribution in [0.3, 0.4) is 0 Å². The fraction of sp³-hybridized carbons (Fsp3) is 0. The van der Waals surface area contributed by atoms with Crippen molar-refractivity contribution in [2.75, 3.05) is 0 Å². The summed E-state index contributed by atoms with van der Waals surface area (Å²) in [6.07, 6.45) is 0. The van der Waals surface area contributed by atoms with Crippen molar-refractivity contribution in [1.82, 2.24) is 19.5 Å². The second-order valence-electron chi connectivity index (χ2n) is 12.0. The molecule has 0 aliphatic carbocycles. The Kier molecular flexibility index (Phi) is 5.17. The molecule has 3 aromatic heterocycles. The average Bonchev–Trinajstić information content (AvgIpc) is 3.80. The zero-order chi connectivity index (χ0) is 38.2. The van der Waals surface area contributed by atoms with E-state index in [2.05, 4.69) is 18.2 Å². The number of hydrogen-bond acceptors (Lipinski definition) is 4. The largest absolute Gasteiger partial charge is 0.456 e. The Hall–Kier alpha value is -6.85. The Morgan fingerprint density at radius 3 is 1.74 bits per heavy atom. The molecular formula is C45H28N4O. The van der Waals surface area contributed by atoms with Gasteiger partial charge < -0.3 is 8.98 Å². The Morgan fingerprint density at radius 1 is 0.420 bits per heavy atom. The van der Waals surface area contributed by atoms with Crippen LogP contribution in [0.5, 0.6) is 0 Å². The molecule has 3 heterocycles. The van der Waals surface area contributed by atoms with Crippen molar-refractivity contribution in [3.05, 3.63) is 170 Å². The van der Waals surface area contributed by atoms with Gasteiger partial charge in [-0.05, 0) is 59.6 Å². The zero-order valence-corrected chi connectivity index (χ0v) is 26.4. The Labute approximate surface area is 296 Å². The van der Waals surface area contributed by atoms with E-state index in [0.717, 1.165) is 38.6 Å². The van der Waals surface area contributed by atoms with Crippen LogP contribution < -0.4 is 0 Å². The highest BCUT2D eigenvalue weighted by Crippen LogP contribution is 2.35. The molecule has 234 valence electrons. The highest BCUT2D eigenvalue weighted by atomic mass is 16.3. The molecule has 0 saturated heterocycles. The van der Waals surface area contributed by atoms with E-state index in [0.29, 0.717) is 34.3 Å². The van der Waals surface area contributed by atoms with Crippen molar-refractivity contribution in [2.45, 2.75) is 0 Å². The van der Waals surface area contributed by atoms with Gasteiger partial charge in [0.2, 0.25) is 0 Å². The van der Waals surface area contributed by atoms with Crippen molar-refractivity contribution < 1.29 is 12.6 Å². The molecule has 0 atom stereocenters. The van der Waals surface area contributed by atoms with Crippen molar-refractivity contribution in [2.24, 2.45) is 0 Å². The van der Waals surface area contributed by atoms with Gasteiger partial charge in [0.15, 0.2) is 17.5 Å². The van der Waals surface area contributed by atoms with E-state index in [-0.39, 0.29) is 58.1 Å². The summed E-state index contributed by atoms with van der Waals surface area (Å²) in [6, 6.07) is 41.2. The molecular weight excluding hydrogens is 613 g/mol. The molecule has 0 bridgehead atoms. The third-order valence-electron chi connectivity index (χ3n) is 8.99. The Morgan fingerprint density at radius 2 is 1.00 bits per heavy atom. The SMILES string of the molecule is [2H]c1cc([2H])c2c(c1[2H])c1c([2H])c([2H])cc([2H])c1n2-c1cccc(-c2nc(-c3cccc(-c4ccccc4)c3)nc(-c3ccc4c(c3)oc3ccccc34)n2)c1. The lowest BCUT2D eigenvalue weighted by atomic mass is 10.0. The summed E-state index contributed by atoms with van der Waals surface area (Å²) >= 11 is 0. The van der Waals surface area contributed by atoms with Crippen LogP contribution in [0.2, 0.25) is 0 Å². The lowest BCUT2D eigenvalue weighted by Crippen LogP contribution is -2.01. The number of rotatable bonds is 5. The van der Waals surface area contributed by atoms with E-state index in [9.17, 15) is 0 Å². The minimum Gasteiger partial charge on any atom is -0.456 e. The Balaban J connectivity index is 1.20. The quantitative estimate of drug-likeness (QED) is 0.187. The minimum absolute atomic E-state index is 0.0306. The summed E-state index contributed by atoms with van der Waals surface area (Å²) in [5.41, 5.74) is 6.81. The van der Waals surface area contributed by atoms with Crippen LogP contribution >= 0.6 is 0 Å². The molecule has 0 N–H and O–H groups in total. The smallest absolute Gasteiger partial charge is 0.164 e. The maximum atomic E-state index is 8.92. The van der Waals surface area contributed by atoms with Crippen molar-refractivity contribution >= 4 is 43.7 Å². The monoisotopic (exact) mass is 646 g/mol.